The van der Waals surface area contributed by atoms with Gasteiger partial charge < -0.3 is 15.0 Å². The molecule has 2 amide bonds. The van der Waals surface area contributed by atoms with Crippen molar-refractivity contribution in [3.8, 4) is 5.75 Å². The maximum absolute atomic E-state index is 12.4. The summed E-state index contributed by atoms with van der Waals surface area (Å²) >= 11 is 0. The van der Waals surface area contributed by atoms with Crippen LogP contribution in [0.25, 0.3) is 0 Å². The van der Waals surface area contributed by atoms with E-state index in [-0.39, 0.29) is 6.03 Å². The quantitative estimate of drug-likeness (QED) is 0.760. The summed E-state index contributed by atoms with van der Waals surface area (Å²) in [7, 11) is 0. The average Bonchev–Trinajstić information content (AvgIpc) is 2.70. The van der Waals surface area contributed by atoms with Gasteiger partial charge in [-0.05, 0) is 55.4 Å². The van der Waals surface area contributed by atoms with Crippen LogP contribution in [0.2, 0.25) is 0 Å². The van der Waals surface area contributed by atoms with Crippen LogP contribution in [0.4, 0.5) is 4.79 Å². The van der Waals surface area contributed by atoms with Crippen LogP contribution in [0.3, 0.4) is 0 Å². The number of hydrogen-bond acceptors (Lipinski definition) is 2. The van der Waals surface area contributed by atoms with Crippen LogP contribution >= 0.6 is 0 Å². The summed E-state index contributed by atoms with van der Waals surface area (Å²) in [5.41, 5.74) is 3.90. The first-order valence-electron chi connectivity index (χ1n) is 9.58. The second-order valence-corrected chi connectivity index (χ2v) is 6.68. The van der Waals surface area contributed by atoms with Gasteiger partial charge in [0.1, 0.15) is 12.4 Å². The lowest BCUT2D eigenvalue weighted by molar-refractivity contribution is 0.195. The Morgan fingerprint density at radius 1 is 1.08 bits per heavy atom. The van der Waals surface area contributed by atoms with E-state index in [9.17, 15) is 4.79 Å². The minimum Gasteiger partial charge on any atom is -0.491 e. The summed E-state index contributed by atoms with van der Waals surface area (Å²) in [6.45, 7) is 4.29. The van der Waals surface area contributed by atoms with Crippen molar-refractivity contribution in [2.45, 2.75) is 39.2 Å². The fourth-order valence-electron chi connectivity index (χ4n) is 3.44. The van der Waals surface area contributed by atoms with Crippen molar-refractivity contribution < 1.29 is 9.53 Å². The topological polar surface area (TPSA) is 41.6 Å². The van der Waals surface area contributed by atoms with Gasteiger partial charge in [0.2, 0.25) is 0 Å². The summed E-state index contributed by atoms with van der Waals surface area (Å²) < 4.78 is 5.95. The Labute approximate surface area is 156 Å². The Morgan fingerprint density at radius 3 is 2.69 bits per heavy atom. The molecule has 26 heavy (non-hydrogen) atoms. The molecule has 0 aliphatic heterocycles. The fraction of sp³-hybridized carbons (Fsp3) is 0.409. The molecular formula is C22H28N2O2. The summed E-state index contributed by atoms with van der Waals surface area (Å²) in [6.07, 6.45) is 4.74. The molecule has 4 heteroatoms. The molecule has 2 aromatic carbocycles. The smallest absolute Gasteiger partial charge is 0.317 e. The van der Waals surface area contributed by atoms with Gasteiger partial charge in [0.25, 0.3) is 0 Å². The summed E-state index contributed by atoms with van der Waals surface area (Å²) in [4.78, 5) is 14.2. The maximum Gasteiger partial charge on any atom is 0.317 e. The molecular weight excluding hydrogens is 324 g/mol. The minimum absolute atomic E-state index is 0.0463. The van der Waals surface area contributed by atoms with Gasteiger partial charge in [0.15, 0.2) is 0 Å². The molecule has 0 unspecified atom stereocenters. The molecule has 0 bridgehead atoms. The van der Waals surface area contributed by atoms with Crippen LogP contribution in [-0.4, -0.2) is 30.6 Å². The maximum atomic E-state index is 12.4. The zero-order valence-corrected chi connectivity index (χ0v) is 15.5. The SMILES string of the molecule is CCN(Cc1ccccc1)C(=O)NCCOc1cccc2c1CCCC2. The minimum atomic E-state index is -0.0463. The average molecular weight is 352 g/mol. The fourth-order valence-corrected chi connectivity index (χ4v) is 3.44. The highest BCUT2D eigenvalue weighted by Gasteiger charge is 2.14. The lowest BCUT2D eigenvalue weighted by atomic mass is 9.91. The van der Waals surface area contributed by atoms with E-state index in [2.05, 4.69) is 17.4 Å². The Morgan fingerprint density at radius 2 is 1.88 bits per heavy atom. The first-order chi connectivity index (χ1) is 12.8. The van der Waals surface area contributed by atoms with Gasteiger partial charge in [-0.3, -0.25) is 0 Å². The van der Waals surface area contributed by atoms with Gasteiger partial charge in [0, 0.05) is 13.1 Å². The Kier molecular flexibility index (Phi) is 6.53. The zero-order chi connectivity index (χ0) is 18.2. The summed E-state index contributed by atoms with van der Waals surface area (Å²) in [5, 5.41) is 2.97. The van der Waals surface area contributed by atoms with E-state index < -0.39 is 0 Å². The van der Waals surface area contributed by atoms with Gasteiger partial charge in [-0.2, -0.15) is 0 Å². The largest absolute Gasteiger partial charge is 0.491 e. The number of nitrogens with one attached hydrogen (secondary N) is 1. The molecule has 3 rings (SSSR count). The van der Waals surface area contributed by atoms with Crippen molar-refractivity contribution in [1.82, 2.24) is 10.2 Å². The number of aryl methyl sites for hydroxylation is 1. The van der Waals surface area contributed by atoms with E-state index in [1.54, 1.807) is 4.90 Å². The van der Waals surface area contributed by atoms with Crippen molar-refractivity contribution in [2.24, 2.45) is 0 Å². The van der Waals surface area contributed by atoms with E-state index in [0.717, 1.165) is 24.2 Å². The molecule has 0 atom stereocenters. The Hall–Kier alpha value is -2.49. The highest BCUT2D eigenvalue weighted by molar-refractivity contribution is 5.74. The summed E-state index contributed by atoms with van der Waals surface area (Å²) in [5.74, 6) is 0.980. The molecule has 1 aliphatic rings. The normalized spacial score (nSPS) is 13.0. The van der Waals surface area contributed by atoms with Gasteiger partial charge in [0.05, 0.1) is 6.54 Å². The molecule has 0 radical (unpaired) electrons. The molecule has 0 aromatic heterocycles. The van der Waals surface area contributed by atoms with Gasteiger partial charge in [-0.15, -0.1) is 0 Å². The van der Waals surface area contributed by atoms with Crippen LogP contribution in [0.5, 0.6) is 5.75 Å². The lowest BCUT2D eigenvalue weighted by Gasteiger charge is -2.22. The van der Waals surface area contributed by atoms with Crippen molar-refractivity contribution in [3.05, 3.63) is 65.2 Å². The molecule has 0 fully saturated rings. The van der Waals surface area contributed by atoms with E-state index in [1.807, 2.05) is 43.3 Å². The second-order valence-electron chi connectivity index (χ2n) is 6.68. The van der Waals surface area contributed by atoms with Crippen LogP contribution in [0.1, 0.15) is 36.5 Å². The molecule has 0 saturated heterocycles. The van der Waals surface area contributed by atoms with Crippen LogP contribution in [0, 0.1) is 0 Å². The van der Waals surface area contributed by atoms with Crippen molar-refractivity contribution >= 4 is 6.03 Å². The number of urea groups is 1. The highest BCUT2D eigenvalue weighted by atomic mass is 16.5. The van der Waals surface area contributed by atoms with E-state index in [4.69, 9.17) is 4.74 Å². The van der Waals surface area contributed by atoms with Crippen molar-refractivity contribution in [2.75, 3.05) is 19.7 Å². The Balaban J connectivity index is 1.46. The number of benzene rings is 2. The third-order valence-electron chi connectivity index (χ3n) is 4.87. The molecule has 0 saturated carbocycles. The Bertz CT molecular complexity index is 715. The number of nitrogens with zero attached hydrogens (tertiary/aromatic N) is 1. The third-order valence-corrected chi connectivity index (χ3v) is 4.87. The lowest BCUT2D eigenvalue weighted by Crippen LogP contribution is -2.41. The molecule has 1 aliphatic carbocycles. The molecule has 138 valence electrons. The van der Waals surface area contributed by atoms with Crippen molar-refractivity contribution in [3.63, 3.8) is 0 Å². The predicted molar refractivity (Wildman–Crippen MR) is 105 cm³/mol. The standard InChI is InChI=1S/C22H28N2O2/c1-2-24(17-18-9-4-3-5-10-18)22(25)23-15-16-26-21-14-8-12-19-11-6-7-13-20(19)21/h3-5,8-10,12,14H,2,6-7,11,13,15-17H2,1H3,(H,23,25). The van der Waals surface area contributed by atoms with Crippen LogP contribution in [-0.2, 0) is 19.4 Å². The molecule has 2 aromatic rings. The number of ether oxygens (including phenoxy) is 1. The predicted octanol–water partition coefficient (Wildman–Crippen LogP) is 4.18. The van der Waals surface area contributed by atoms with E-state index >= 15 is 0 Å². The summed E-state index contributed by atoms with van der Waals surface area (Å²) in [6, 6.07) is 16.3. The number of carbonyl (C=O) groups is 1. The van der Waals surface area contributed by atoms with Crippen LogP contribution < -0.4 is 10.1 Å². The zero-order valence-electron chi connectivity index (χ0n) is 15.5. The number of hydrogen-bond donors (Lipinski definition) is 1. The van der Waals surface area contributed by atoms with Gasteiger partial charge >= 0.3 is 6.03 Å². The molecule has 1 N–H and O–H groups in total. The number of amides is 2. The van der Waals surface area contributed by atoms with Gasteiger partial charge in [-0.25, -0.2) is 4.79 Å². The first-order valence-corrected chi connectivity index (χ1v) is 9.58. The highest BCUT2D eigenvalue weighted by Crippen LogP contribution is 2.29. The molecule has 0 spiro atoms. The number of fused-ring (bicyclic) bond motifs is 1. The number of carbonyl (C=O) groups excluding carboxylic acids is 1. The van der Waals surface area contributed by atoms with E-state index in [0.29, 0.717) is 26.2 Å². The van der Waals surface area contributed by atoms with Gasteiger partial charge in [-0.1, -0.05) is 42.5 Å². The van der Waals surface area contributed by atoms with Crippen molar-refractivity contribution in [1.29, 1.82) is 0 Å². The third kappa shape index (κ3) is 4.78. The first kappa shape index (κ1) is 18.3. The second kappa shape index (κ2) is 9.27. The molecule has 0 heterocycles. The van der Waals surface area contributed by atoms with E-state index in [1.165, 1.54) is 24.0 Å². The number of rotatable bonds is 7. The monoisotopic (exact) mass is 352 g/mol. The molecule has 4 nitrogen and oxygen atoms in total. The van der Waals surface area contributed by atoms with Crippen LogP contribution in [0.15, 0.2) is 48.5 Å².